The molecule has 33 heavy (non-hydrogen) atoms. The SMILES string of the molecule is CNCc1nccn1-c1ccc(C2NCc3ncn(-c4cccc(CN)c4)c3C2=O)c(F)c1. The van der Waals surface area contributed by atoms with Crippen molar-refractivity contribution in [2.24, 2.45) is 5.73 Å². The monoisotopic (exact) mass is 445 g/mol. The van der Waals surface area contributed by atoms with E-state index in [0.717, 1.165) is 17.1 Å². The largest absolute Gasteiger partial charge is 0.326 e. The highest BCUT2D eigenvalue weighted by Gasteiger charge is 2.34. The molecule has 8 nitrogen and oxygen atoms in total. The highest BCUT2D eigenvalue weighted by Crippen LogP contribution is 2.30. The number of fused-ring (bicyclic) bond motifs is 1. The number of nitrogens with zero attached hydrogens (tertiary/aromatic N) is 4. The standard InChI is InChI=1S/C24H24FN7O/c1-27-13-21-28-7-8-31(21)17-5-6-18(19(25)10-17)22-24(33)23-20(12-29-22)30-14-32(23)16-4-2-3-15(9-16)11-26/h2-10,14,22,27,29H,11-13,26H2,1H3. The molecule has 0 radical (unpaired) electrons. The van der Waals surface area contributed by atoms with E-state index in [1.165, 1.54) is 6.07 Å². The first-order valence-electron chi connectivity index (χ1n) is 10.7. The second-order valence-electron chi connectivity index (χ2n) is 7.91. The van der Waals surface area contributed by atoms with Crippen LogP contribution in [-0.4, -0.2) is 31.9 Å². The topological polar surface area (TPSA) is 103 Å². The molecule has 3 heterocycles. The van der Waals surface area contributed by atoms with Gasteiger partial charge in [0.1, 0.15) is 29.7 Å². The van der Waals surface area contributed by atoms with E-state index in [-0.39, 0.29) is 5.78 Å². The molecule has 0 spiro atoms. The molecule has 5 rings (SSSR count). The van der Waals surface area contributed by atoms with E-state index < -0.39 is 11.9 Å². The van der Waals surface area contributed by atoms with Gasteiger partial charge in [0, 0.05) is 42.4 Å². The number of carbonyl (C=O) groups is 1. The predicted molar refractivity (Wildman–Crippen MR) is 122 cm³/mol. The molecule has 1 unspecified atom stereocenters. The summed E-state index contributed by atoms with van der Waals surface area (Å²) in [7, 11) is 1.83. The summed E-state index contributed by atoms with van der Waals surface area (Å²) in [5.41, 5.74) is 9.57. The third kappa shape index (κ3) is 3.76. The minimum absolute atomic E-state index is 0.225. The quantitative estimate of drug-likeness (QED) is 0.421. The van der Waals surface area contributed by atoms with Crippen LogP contribution in [0.1, 0.15) is 39.2 Å². The Morgan fingerprint density at radius 3 is 2.82 bits per heavy atom. The summed E-state index contributed by atoms with van der Waals surface area (Å²) in [5, 5.41) is 6.19. The van der Waals surface area contributed by atoms with Crippen LogP contribution in [0.15, 0.2) is 61.2 Å². The summed E-state index contributed by atoms with van der Waals surface area (Å²) < 4.78 is 18.8. The lowest BCUT2D eigenvalue weighted by molar-refractivity contribution is 0.0920. The first kappa shape index (κ1) is 21.2. The van der Waals surface area contributed by atoms with Crippen LogP contribution >= 0.6 is 0 Å². The van der Waals surface area contributed by atoms with Crippen LogP contribution in [-0.2, 0) is 19.6 Å². The zero-order chi connectivity index (χ0) is 22.9. The van der Waals surface area contributed by atoms with Crippen molar-refractivity contribution in [1.82, 2.24) is 29.7 Å². The van der Waals surface area contributed by atoms with Gasteiger partial charge >= 0.3 is 0 Å². The Balaban J connectivity index is 1.49. The maximum Gasteiger partial charge on any atom is 0.203 e. The van der Waals surface area contributed by atoms with Gasteiger partial charge in [-0.2, -0.15) is 0 Å². The molecule has 4 aromatic rings. The van der Waals surface area contributed by atoms with Crippen molar-refractivity contribution in [3.63, 3.8) is 0 Å². The molecule has 0 saturated heterocycles. The van der Waals surface area contributed by atoms with Gasteiger partial charge in [-0.3, -0.25) is 14.7 Å². The van der Waals surface area contributed by atoms with E-state index in [2.05, 4.69) is 20.6 Å². The molecular formula is C24H24FN7O. The molecule has 0 aliphatic carbocycles. The van der Waals surface area contributed by atoms with Gasteiger partial charge in [0.25, 0.3) is 0 Å². The van der Waals surface area contributed by atoms with Gasteiger partial charge < -0.3 is 15.6 Å². The second-order valence-corrected chi connectivity index (χ2v) is 7.91. The highest BCUT2D eigenvalue weighted by molar-refractivity contribution is 6.01. The second kappa shape index (κ2) is 8.70. The Bertz CT molecular complexity index is 1330. The normalized spacial score (nSPS) is 15.6. The fourth-order valence-electron chi connectivity index (χ4n) is 4.24. The molecule has 0 bridgehead atoms. The van der Waals surface area contributed by atoms with E-state index in [4.69, 9.17) is 5.73 Å². The lowest BCUT2D eigenvalue weighted by Gasteiger charge is -2.24. The summed E-state index contributed by atoms with van der Waals surface area (Å²) in [4.78, 5) is 22.2. The van der Waals surface area contributed by atoms with Crippen LogP contribution in [0.5, 0.6) is 0 Å². The summed E-state index contributed by atoms with van der Waals surface area (Å²) in [6, 6.07) is 11.7. The Hall–Kier alpha value is -3.66. The van der Waals surface area contributed by atoms with E-state index in [0.29, 0.717) is 42.3 Å². The van der Waals surface area contributed by atoms with Crippen LogP contribution in [0, 0.1) is 5.82 Å². The van der Waals surface area contributed by atoms with Gasteiger partial charge in [0.05, 0.1) is 12.2 Å². The number of imidazole rings is 2. The minimum atomic E-state index is -0.806. The van der Waals surface area contributed by atoms with Gasteiger partial charge in [-0.05, 0) is 36.9 Å². The number of nitrogens with one attached hydrogen (secondary N) is 2. The van der Waals surface area contributed by atoms with Crippen molar-refractivity contribution in [2.45, 2.75) is 25.7 Å². The fraction of sp³-hybridized carbons (Fsp3) is 0.208. The Kier molecular flexibility index (Phi) is 5.59. The van der Waals surface area contributed by atoms with Crippen LogP contribution in [0.2, 0.25) is 0 Å². The van der Waals surface area contributed by atoms with Crippen molar-refractivity contribution in [3.8, 4) is 11.4 Å². The maximum atomic E-state index is 15.3. The summed E-state index contributed by atoms with van der Waals surface area (Å²) >= 11 is 0. The number of benzene rings is 2. The molecule has 9 heteroatoms. The Morgan fingerprint density at radius 1 is 1.18 bits per heavy atom. The van der Waals surface area contributed by atoms with Crippen molar-refractivity contribution >= 4 is 5.78 Å². The summed E-state index contributed by atoms with van der Waals surface area (Å²) in [5.74, 6) is 0.0870. The molecule has 2 aromatic carbocycles. The smallest absolute Gasteiger partial charge is 0.203 e. The average Bonchev–Trinajstić information content (AvgIpc) is 3.48. The molecule has 0 amide bonds. The van der Waals surface area contributed by atoms with Crippen molar-refractivity contribution < 1.29 is 9.18 Å². The number of rotatable bonds is 6. The molecule has 1 aliphatic heterocycles. The number of hydrogen-bond donors (Lipinski definition) is 3. The zero-order valence-corrected chi connectivity index (χ0v) is 18.1. The lowest BCUT2D eigenvalue weighted by atomic mass is 9.95. The van der Waals surface area contributed by atoms with Crippen LogP contribution in [0.25, 0.3) is 11.4 Å². The van der Waals surface area contributed by atoms with Gasteiger partial charge in [-0.15, -0.1) is 0 Å². The minimum Gasteiger partial charge on any atom is -0.326 e. The molecule has 168 valence electrons. The van der Waals surface area contributed by atoms with Gasteiger partial charge in [-0.1, -0.05) is 18.2 Å². The zero-order valence-electron chi connectivity index (χ0n) is 18.1. The molecular weight excluding hydrogens is 421 g/mol. The number of aromatic nitrogens is 4. The maximum absolute atomic E-state index is 15.3. The number of Topliss-reactive ketones (excluding diaryl/α,β-unsaturated/α-hetero) is 1. The van der Waals surface area contributed by atoms with Crippen LogP contribution in [0.3, 0.4) is 0 Å². The number of ketones is 1. The van der Waals surface area contributed by atoms with Crippen molar-refractivity contribution in [1.29, 1.82) is 0 Å². The number of carbonyl (C=O) groups excluding carboxylic acids is 1. The van der Waals surface area contributed by atoms with E-state index in [1.807, 2.05) is 35.9 Å². The third-order valence-electron chi connectivity index (χ3n) is 5.86. The molecule has 4 N–H and O–H groups in total. The van der Waals surface area contributed by atoms with E-state index in [1.54, 1.807) is 35.4 Å². The Morgan fingerprint density at radius 2 is 2.03 bits per heavy atom. The number of hydrogen-bond acceptors (Lipinski definition) is 6. The summed E-state index contributed by atoms with van der Waals surface area (Å²) in [6.45, 7) is 1.31. The first-order chi connectivity index (χ1) is 16.1. The average molecular weight is 446 g/mol. The first-order valence-corrected chi connectivity index (χ1v) is 10.7. The lowest BCUT2D eigenvalue weighted by Crippen LogP contribution is -2.36. The molecule has 1 atom stereocenters. The van der Waals surface area contributed by atoms with Gasteiger partial charge in [-0.25, -0.2) is 14.4 Å². The molecule has 0 fully saturated rings. The number of halogens is 1. The Labute approximate surface area is 190 Å². The van der Waals surface area contributed by atoms with Gasteiger partial charge in [0.15, 0.2) is 0 Å². The summed E-state index contributed by atoms with van der Waals surface area (Å²) in [6.07, 6.45) is 5.09. The van der Waals surface area contributed by atoms with Crippen molar-refractivity contribution in [3.05, 3.63) is 95.3 Å². The van der Waals surface area contributed by atoms with Crippen LogP contribution in [0.4, 0.5) is 4.39 Å². The predicted octanol–water partition coefficient (Wildman–Crippen LogP) is 2.40. The fourth-order valence-corrected chi connectivity index (χ4v) is 4.24. The third-order valence-corrected chi connectivity index (χ3v) is 5.86. The molecule has 1 aliphatic rings. The molecule has 0 saturated carbocycles. The number of nitrogens with two attached hydrogens (primary N) is 1. The van der Waals surface area contributed by atoms with Crippen LogP contribution < -0.4 is 16.4 Å². The molecule has 2 aromatic heterocycles. The van der Waals surface area contributed by atoms with Crippen molar-refractivity contribution in [2.75, 3.05) is 7.05 Å². The van der Waals surface area contributed by atoms with E-state index in [9.17, 15) is 4.79 Å². The van der Waals surface area contributed by atoms with Gasteiger partial charge in [0.2, 0.25) is 5.78 Å². The highest BCUT2D eigenvalue weighted by atomic mass is 19.1. The van der Waals surface area contributed by atoms with E-state index >= 15 is 4.39 Å².